The molecule has 3 nitrogen and oxygen atoms in total. The van der Waals surface area contributed by atoms with Crippen LogP contribution in [0.4, 0.5) is 0 Å². The fourth-order valence-electron chi connectivity index (χ4n) is 1.35. The molecule has 88 valence electrons. The molecule has 2 rings (SSSR count). The third-order valence-electron chi connectivity index (χ3n) is 2.15. The normalized spacial score (nSPS) is 10.4. The molecule has 0 aliphatic heterocycles. The Labute approximate surface area is 109 Å². The van der Waals surface area contributed by atoms with Crippen molar-refractivity contribution < 1.29 is 4.74 Å². The van der Waals surface area contributed by atoms with Crippen LogP contribution in [0.15, 0.2) is 24.3 Å². The molecule has 17 heavy (non-hydrogen) atoms. The van der Waals surface area contributed by atoms with E-state index in [0.717, 1.165) is 5.56 Å². The molecule has 2 aromatic rings. The number of ether oxygens (including phenoxy) is 1. The van der Waals surface area contributed by atoms with Crippen molar-refractivity contribution in [1.82, 2.24) is 9.97 Å². The zero-order valence-electron chi connectivity index (χ0n) is 9.37. The van der Waals surface area contributed by atoms with Crippen LogP contribution in [-0.2, 0) is 0 Å². The summed E-state index contributed by atoms with van der Waals surface area (Å²) >= 11 is 11.7. The first-order chi connectivity index (χ1) is 8.04. The van der Waals surface area contributed by atoms with Gasteiger partial charge in [0.05, 0.1) is 0 Å². The van der Waals surface area contributed by atoms with Crippen molar-refractivity contribution in [3.63, 3.8) is 0 Å². The summed E-state index contributed by atoms with van der Waals surface area (Å²) in [7, 11) is 0. The van der Waals surface area contributed by atoms with Crippen LogP contribution < -0.4 is 4.74 Å². The Balaban J connectivity index is 2.34. The molecule has 0 radical (unpaired) electrons. The molecule has 0 aliphatic carbocycles. The van der Waals surface area contributed by atoms with Crippen LogP contribution in [0.5, 0.6) is 11.6 Å². The van der Waals surface area contributed by atoms with Gasteiger partial charge in [-0.1, -0.05) is 29.3 Å². The van der Waals surface area contributed by atoms with Crippen molar-refractivity contribution in [2.45, 2.75) is 13.8 Å². The highest BCUT2D eigenvalue weighted by Gasteiger charge is 2.05. The summed E-state index contributed by atoms with van der Waals surface area (Å²) in [5, 5.41) is 0.967. The predicted octanol–water partition coefficient (Wildman–Crippen LogP) is 4.19. The number of aryl methyl sites for hydroxylation is 2. The van der Waals surface area contributed by atoms with Crippen molar-refractivity contribution in [3.8, 4) is 11.6 Å². The summed E-state index contributed by atoms with van der Waals surface area (Å²) in [4.78, 5) is 8.10. The molecule has 0 amide bonds. The van der Waals surface area contributed by atoms with Crippen LogP contribution in [0.2, 0.25) is 10.2 Å². The van der Waals surface area contributed by atoms with E-state index >= 15 is 0 Å². The lowest BCUT2D eigenvalue weighted by atomic mass is 10.2. The maximum Gasteiger partial charge on any atom is 0.224 e. The Bertz CT molecular complexity index is 538. The lowest BCUT2D eigenvalue weighted by Gasteiger charge is -2.08. The molecule has 0 fully saturated rings. The van der Waals surface area contributed by atoms with E-state index in [1.165, 1.54) is 0 Å². The van der Waals surface area contributed by atoms with Gasteiger partial charge in [0.2, 0.25) is 5.88 Å². The molecule has 0 aliphatic rings. The van der Waals surface area contributed by atoms with Gasteiger partial charge in [0, 0.05) is 11.1 Å². The molecule has 1 heterocycles. The molecule has 0 unspecified atom stereocenters. The number of benzene rings is 1. The van der Waals surface area contributed by atoms with Crippen LogP contribution in [0.3, 0.4) is 0 Å². The quantitative estimate of drug-likeness (QED) is 0.766. The summed E-state index contributed by atoms with van der Waals surface area (Å²) in [6.07, 6.45) is 0. The topological polar surface area (TPSA) is 35.0 Å². The van der Waals surface area contributed by atoms with Gasteiger partial charge < -0.3 is 4.74 Å². The molecule has 1 aromatic heterocycles. The van der Waals surface area contributed by atoms with Gasteiger partial charge in [0.25, 0.3) is 0 Å². The first kappa shape index (κ1) is 12.1. The molecule has 1 aromatic carbocycles. The summed E-state index contributed by atoms with van der Waals surface area (Å²) < 4.78 is 5.63. The predicted molar refractivity (Wildman–Crippen MR) is 68.0 cm³/mol. The highest BCUT2D eigenvalue weighted by molar-refractivity contribution is 6.30. The van der Waals surface area contributed by atoms with Gasteiger partial charge >= 0.3 is 0 Å². The highest BCUT2D eigenvalue weighted by atomic mass is 35.5. The number of hydrogen-bond donors (Lipinski definition) is 0. The molecular formula is C12H10Cl2N2O. The Hall–Kier alpha value is -1.32. The average Bonchev–Trinajstić information content (AvgIpc) is 2.22. The number of nitrogens with zero attached hydrogens (tertiary/aromatic N) is 2. The third kappa shape index (κ3) is 3.08. The zero-order valence-corrected chi connectivity index (χ0v) is 10.9. The minimum atomic E-state index is 0.354. The Kier molecular flexibility index (Phi) is 3.50. The lowest BCUT2D eigenvalue weighted by Crippen LogP contribution is -1.94. The molecule has 0 saturated carbocycles. The molecular weight excluding hydrogens is 259 g/mol. The van der Waals surface area contributed by atoms with Crippen LogP contribution >= 0.6 is 23.2 Å². The summed E-state index contributed by atoms with van der Waals surface area (Å²) in [5.41, 5.74) is 0.974. The van der Waals surface area contributed by atoms with E-state index in [9.17, 15) is 0 Å². The van der Waals surface area contributed by atoms with Gasteiger partial charge in [-0.25, -0.2) is 4.98 Å². The fraction of sp³-hybridized carbons (Fsp3) is 0.167. The van der Waals surface area contributed by atoms with Crippen molar-refractivity contribution in [2.75, 3.05) is 0 Å². The van der Waals surface area contributed by atoms with E-state index in [1.807, 2.05) is 19.1 Å². The van der Waals surface area contributed by atoms with Crippen molar-refractivity contribution >= 4 is 23.2 Å². The molecule has 0 atom stereocenters. The first-order valence-corrected chi connectivity index (χ1v) is 5.75. The third-order valence-corrected chi connectivity index (χ3v) is 2.58. The molecule has 0 bridgehead atoms. The van der Waals surface area contributed by atoms with Gasteiger partial charge in [-0.2, -0.15) is 4.98 Å². The SMILES string of the molecule is Cc1nc(Cl)cc(Oc2cc(Cl)ccc2C)n1. The number of hydrogen-bond acceptors (Lipinski definition) is 3. The Morgan fingerprint density at radius 3 is 2.53 bits per heavy atom. The molecule has 0 saturated heterocycles. The second-order valence-corrected chi connectivity index (χ2v) is 4.41. The van der Waals surface area contributed by atoms with Gasteiger partial charge in [0.15, 0.2) is 0 Å². The highest BCUT2D eigenvalue weighted by Crippen LogP contribution is 2.27. The monoisotopic (exact) mass is 268 g/mol. The van der Waals surface area contributed by atoms with E-state index < -0.39 is 0 Å². The van der Waals surface area contributed by atoms with E-state index in [4.69, 9.17) is 27.9 Å². The largest absolute Gasteiger partial charge is 0.439 e. The zero-order chi connectivity index (χ0) is 12.4. The lowest BCUT2D eigenvalue weighted by molar-refractivity contribution is 0.456. The molecule has 0 spiro atoms. The maximum absolute atomic E-state index is 5.91. The average molecular weight is 269 g/mol. The smallest absolute Gasteiger partial charge is 0.224 e. The van der Waals surface area contributed by atoms with E-state index in [2.05, 4.69) is 9.97 Å². The molecule has 5 heteroatoms. The van der Waals surface area contributed by atoms with E-state index in [-0.39, 0.29) is 0 Å². The first-order valence-electron chi connectivity index (χ1n) is 5.00. The Morgan fingerprint density at radius 1 is 1.06 bits per heavy atom. The second-order valence-electron chi connectivity index (χ2n) is 3.59. The van der Waals surface area contributed by atoms with Gasteiger partial charge in [0.1, 0.15) is 16.7 Å². The van der Waals surface area contributed by atoms with E-state index in [1.54, 1.807) is 19.1 Å². The van der Waals surface area contributed by atoms with Crippen molar-refractivity contribution in [1.29, 1.82) is 0 Å². The second kappa shape index (κ2) is 4.90. The van der Waals surface area contributed by atoms with Crippen LogP contribution in [0.25, 0.3) is 0 Å². The van der Waals surface area contributed by atoms with E-state index in [0.29, 0.717) is 27.6 Å². The minimum Gasteiger partial charge on any atom is -0.439 e. The van der Waals surface area contributed by atoms with Gasteiger partial charge in [-0.05, 0) is 31.5 Å². The minimum absolute atomic E-state index is 0.354. The summed E-state index contributed by atoms with van der Waals surface area (Å²) in [6.45, 7) is 3.69. The maximum atomic E-state index is 5.91. The standard InChI is InChI=1S/C12H10Cl2N2O/c1-7-3-4-9(13)5-10(7)17-12-6-11(14)15-8(2)16-12/h3-6H,1-2H3. The fourth-order valence-corrected chi connectivity index (χ4v) is 1.73. The molecule has 0 N–H and O–H groups in total. The summed E-state index contributed by atoms with van der Waals surface area (Å²) in [5.74, 6) is 1.63. The number of aromatic nitrogens is 2. The summed E-state index contributed by atoms with van der Waals surface area (Å²) in [6, 6.07) is 6.99. The van der Waals surface area contributed by atoms with Crippen LogP contribution in [0.1, 0.15) is 11.4 Å². The Morgan fingerprint density at radius 2 is 1.82 bits per heavy atom. The number of halogens is 2. The van der Waals surface area contributed by atoms with Gasteiger partial charge in [-0.15, -0.1) is 0 Å². The van der Waals surface area contributed by atoms with Crippen molar-refractivity contribution in [3.05, 3.63) is 45.8 Å². The number of rotatable bonds is 2. The van der Waals surface area contributed by atoms with Gasteiger partial charge in [-0.3, -0.25) is 0 Å². The van der Waals surface area contributed by atoms with Crippen molar-refractivity contribution in [2.24, 2.45) is 0 Å². The van der Waals surface area contributed by atoms with Crippen LogP contribution in [0, 0.1) is 13.8 Å². The van der Waals surface area contributed by atoms with Crippen LogP contribution in [-0.4, -0.2) is 9.97 Å².